The predicted molar refractivity (Wildman–Crippen MR) is 107 cm³/mol. The Bertz CT molecular complexity index is 929. The molecule has 1 fully saturated rings. The molecule has 0 spiro atoms. The van der Waals surface area contributed by atoms with Crippen molar-refractivity contribution in [2.24, 2.45) is 0 Å². The number of hydrogen-bond acceptors (Lipinski definition) is 7. The number of furan rings is 1. The number of carbonyl (C=O) groups excluding carboxylic acids is 1. The number of nitrogens with zero attached hydrogens (tertiary/aromatic N) is 3. The number of hydrogen-bond donors (Lipinski definition) is 1. The summed E-state index contributed by atoms with van der Waals surface area (Å²) in [7, 11) is 0. The lowest BCUT2D eigenvalue weighted by atomic mass is 10.2. The van der Waals surface area contributed by atoms with Crippen LogP contribution in [-0.4, -0.2) is 39.8 Å². The van der Waals surface area contributed by atoms with Crippen molar-refractivity contribution in [3.05, 3.63) is 47.9 Å². The van der Waals surface area contributed by atoms with E-state index >= 15 is 0 Å². The van der Waals surface area contributed by atoms with Crippen LogP contribution in [0.1, 0.15) is 24.2 Å². The minimum Gasteiger partial charge on any atom is -0.469 e. The van der Waals surface area contributed by atoms with E-state index in [0.29, 0.717) is 16.9 Å². The standard InChI is InChI=1S/C20H22N4O3S/c1-14-17(8-11-26-14)19-22-23-20(27-19)28-13-18(25)21-16-6-4-15(5-7-16)12-24-9-2-3-10-24/h4-8,11H,2-3,9-10,12-13H2,1H3,(H,21,25). The summed E-state index contributed by atoms with van der Waals surface area (Å²) in [5.74, 6) is 1.19. The second kappa shape index (κ2) is 8.62. The van der Waals surface area contributed by atoms with E-state index in [1.807, 2.05) is 19.1 Å². The van der Waals surface area contributed by atoms with Crippen LogP contribution in [0.25, 0.3) is 11.5 Å². The lowest BCUT2D eigenvalue weighted by Gasteiger charge is -2.14. The van der Waals surface area contributed by atoms with E-state index in [4.69, 9.17) is 8.83 Å². The molecule has 1 N–H and O–H groups in total. The number of carbonyl (C=O) groups is 1. The topological polar surface area (TPSA) is 84.4 Å². The third-order valence-electron chi connectivity index (χ3n) is 4.66. The van der Waals surface area contributed by atoms with Gasteiger partial charge in [0.1, 0.15) is 5.76 Å². The van der Waals surface area contributed by atoms with Crippen molar-refractivity contribution in [2.45, 2.75) is 31.5 Å². The van der Waals surface area contributed by atoms with Crippen molar-refractivity contribution >= 4 is 23.4 Å². The van der Waals surface area contributed by atoms with Crippen LogP contribution >= 0.6 is 11.8 Å². The molecule has 8 heteroatoms. The van der Waals surface area contributed by atoms with Gasteiger partial charge in [0.2, 0.25) is 5.91 Å². The number of aryl methyl sites for hydroxylation is 1. The summed E-state index contributed by atoms with van der Waals surface area (Å²) in [5.41, 5.74) is 2.82. The van der Waals surface area contributed by atoms with Crippen molar-refractivity contribution in [2.75, 3.05) is 24.2 Å². The molecule has 0 atom stereocenters. The van der Waals surface area contributed by atoms with Gasteiger partial charge in [0.15, 0.2) is 0 Å². The molecule has 1 aliphatic rings. The fraction of sp³-hybridized carbons (Fsp3) is 0.350. The number of likely N-dealkylation sites (tertiary alicyclic amines) is 1. The van der Waals surface area contributed by atoms with Crippen LogP contribution in [0.15, 0.2) is 50.7 Å². The molecule has 0 bridgehead atoms. The van der Waals surface area contributed by atoms with Gasteiger partial charge < -0.3 is 14.2 Å². The summed E-state index contributed by atoms with van der Waals surface area (Å²) in [5, 5.41) is 11.2. The van der Waals surface area contributed by atoms with Crippen LogP contribution in [0.5, 0.6) is 0 Å². The van der Waals surface area contributed by atoms with Crippen LogP contribution in [0, 0.1) is 6.92 Å². The maximum atomic E-state index is 12.2. The molecule has 146 valence electrons. The van der Waals surface area contributed by atoms with Gasteiger partial charge in [-0.15, -0.1) is 10.2 Å². The van der Waals surface area contributed by atoms with E-state index in [9.17, 15) is 4.79 Å². The molecule has 1 aromatic carbocycles. The van der Waals surface area contributed by atoms with Gasteiger partial charge in [-0.3, -0.25) is 9.69 Å². The maximum Gasteiger partial charge on any atom is 0.277 e. The Morgan fingerprint density at radius 2 is 1.96 bits per heavy atom. The van der Waals surface area contributed by atoms with Crippen LogP contribution < -0.4 is 5.32 Å². The molecular weight excluding hydrogens is 376 g/mol. The maximum absolute atomic E-state index is 12.2. The molecule has 7 nitrogen and oxygen atoms in total. The van der Waals surface area contributed by atoms with Gasteiger partial charge in [-0.05, 0) is 56.6 Å². The number of thioether (sulfide) groups is 1. The Labute approximate surface area is 167 Å². The molecule has 1 aliphatic heterocycles. The van der Waals surface area contributed by atoms with E-state index in [0.717, 1.165) is 17.8 Å². The molecule has 0 unspecified atom stereocenters. The Hall–Kier alpha value is -2.58. The van der Waals surface area contributed by atoms with E-state index in [-0.39, 0.29) is 11.7 Å². The second-order valence-electron chi connectivity index (χ2n) is 6.78. The quantitative estimate of drug-likeness (QED) is 0.603. The number of benzene rings is 1. The molecule has 0 radical (unpaired) electrons. The van der Waals surface area contributed by atoms with Crippen molar-refractivity contribution in [1.29, 1.82) is 0 Å². The van der Waals surface area contributed by atoms with E-state index < -0.39 is 0 Å². The molecule has 2 aromatic heterocycles. The molecule has 4 rings (SSSR count). The highest BCUT2D eigenvalue weighted by molar-refractivity contribution is 7.99. The number of anilines is 1. The average molecular weight is 398 g/mol. The van der Waals surface area contributed by atoms with Crippen molar-refractivity contribution in [1.82, 2.24) is 15.1 Å². The summed E-state index contributed by atoms with van der Waals surface area (Å²) in [4.78, 5) is 14.6. The molecule has 0 saturated carbocycles. The molecule has 3 heterocycles. The van der Waals surface area contributed by atoms with E-state index in [2.05, 4.69) is 32.5 Å². The Morgan fingerprint density at radius 3 is 2.68 bits per heavy atom. The van der Waals surface area contributed by atoms with Crippen LogP contribution in [-0.2, 0) is 11.3 Å². The highest BCUT2D eigenvalue weighted by Gasteiger charge is 2.15. The smallest absolute Gasteiger partial charge is 0.277 e. The van der Waals surface area contributed by atoms with Gasteiger partial charge >= 0.3 is 0 Å². The molecule has 1 saturated heterocycles. The fourth-order valence-corrected chi connectivity index (χ4v) is 3.76. The highest BCUT2D eigenvalue weighted by Crippen LogP contribution is 2.26. The summed E-state index contributed by atoms with van der Waals surface area (Å²) in [6.45, 7) is 5.15. The average Bonchev–Trinajstić information content (AvgIpc) is 3.44. The van der Waals surface area contributed by atoms with E-state index in [1.54, 1.807) is 12.3 Å². The lowest BCUT2D eigenvalue weighted by Crippen LogP contribution is -2.18. The van der Waals surface area contributed by atoms with Crippen LogP contribution in [0.4, 0.5) is 5.69 Å². The van der Waals surface area contributed by atoms with Crippen LogP contribution in [0.3, 0.4) is 0 Å². The third kappa shape index (κ3) is 4.63. The highest BCUT2D eigenvalue weighted by atomic mass is 32.2. The summed E-state index contributed by atoms with van der Waals surface area (Å²) >= 11 is 1.21. The first kappa shape index (κ1) is 18.8. The zero-order valence-electron chi connectivity index (χ0n) is 15.7. The zero-order chi connectivity index (χ0) is 19.3. The Balaban J connectivity index is 1.26. The first-order chi connectivity index (χ1) is 13.7. The number of aromatic nitrogens is 2. The number of nitrogens with one attached hydrogen (secondary N) is 1. The van der Waals surface area contributed by atoms with Gasteiger partial charge in [-0.1, -0.05) is 23.9 Å². The van der Waals surface area contributed by atoms with E-state index in [1.165, 1.54) is 43.3 Å². The minimum atomic E-state index is -0.114. The SMILES string of the molecule is Cc1occc1-c1nnc(SCC(=O)Nc2ccc(CN3CCCC3)cc2)o1. The van der Waals surface area contributed by atoms with Crippen molar-refractivity contribution in [3.63, 3.8) is 0 Å². The third-order valence-corrected chi connectivity index (χ3v) is 5.48. The molecule has 28 heavy (non-hydrogen) atoms. The molecule has 1 amide bonds. The zero-order valence-corrected chi connectivity index (χ0v) is 16.5. The summed E-state index contributed by atoms with van der Waals surface area (Å²) in [6.07, 6.45) is 4.15. The largest absolute Gasteiger partial charge is 0.469 e. The molecular formula is C20H22N4O3S. The van der Waals surface area contributed by atoms with Gasteiger partial charge in [0.05, 0.1) is 17.6 Å². The lowest BCUT2D eigenvalue weighted by molar-refractivity contribution is -0.113. The van der Waals surface area contributed by atoms with Gasteiger partial charge in [0.25, 0.3) is 11.1 Å². The Morgan fingerprint density at radius 1 is 1.18 bits per heavy atom. The number of amides is 1. The fourth-order valence-electron chi connectivity index (χ4n) is 3.20. The first-order valence-electron chi connectivity index (χ1n) is 9.29. The van der Waals surface area contributed by atoms with Gasteiger partial charge in [0, 0.05) is 12.2 Å². The number of rotatable bonds is 7. The normalized spacial score (nSPS) is 14.5. The first-order valence-corrected chi connectivity index (χ1v) is 10.3. The van der Waals surface area contributed by atoms with Crippen molar-refractivity contribution < 1.29 is 13.6 Å². The molecule has 3 aromatic rings. The second-order valence-corrected chi connectivity index (χ2v) is 7.71. The molecule has 0 aliphatic carbocycles. The van der Waals surface area contributed by atoms with Gasteiger partial charge in [-0.2, -0.15) is 0 Å². The minimum absolute atomic E-state index is 0.114. The van der Waals surface area contributed by atoms with Crippen molar-refractivity contribution in [3.8, 4) is 11.5 Å². The summed E-state index contributed by atoms with van der Waals surface area (Å²) < 4.78 is 10.8. The Kier molecular flexibility index (Phi) is 5.78. The van der Waals surface area contributed by atoms with Crippen LogP contribution in [0.2, 0.25) is 0 Å². The van der Waals surface area contributed by atoms with Gasteiger partial charge in [-0.25, -0.2) is 0 Å². The summed E-state index contributed by atoms with van der Waals surface area (Å²) in [6, 6.07) is 9.80. The predicted octanol–water partition coefficient (Wildman–Crippen LogP) is 3.96. The monoisotopic (exact) mass is 398 g/mol.